The normalized spacial score (nSPS) is 13.6. The molecule has 6 heteroatoms. The van der Waals surface area contributed by atoms with Crippen LogP contribution in [0.25, 0.3) is 5.69 Å². The van der Waals surface area contributed by atoms with Gasteiger partial charge < -0.3 is 10.1 Å². The molecule has 1 unspecified atom stereocenters. The molecule has 0 saturated heterocycles. The lowest BCUT2D eigenvalue weighted by Crippen LogP contribution is -2.30. The molecule has 2 aromatic carbocycles. The molecule has 3 aromatic rings. The minimum absolute atomic E-state index is 0.303. The van der Waals surface area contributed by atoms with E-state index in [0.29, 0.717) is 11.4 Å². The van der Waals surface area contributed by atoms with Gasteiger partial charge in [-0.1, -0.05) is 36.4 Å². The number of ether oxygens (including phenoxy) is 1. The van der Waals surface area contributed by atoms with Crippen molar-refractivity contribution in [3.8, 4) is 5.69 Å². The van der Waals surface area contributed by atoms with E-state index in [-0.39, 0.29) is 5.91 Å². The molecule has 148 valence electrons. The van der Waals surface area contributed by atoms with Gasteiger partial charge in [0.2, 0.25) is 0 Å². The van der Waals surface area contributed by atoms with E-state index in [0.717, 1.165) is 41.8 Å². The van der Waals surface area contributed by atoms with Gasteiger partial charge in [0.25, 0.3) is 5.91 Å². The number of nitrogens with zero attached hydrogens (tertiary/aromatic N) is 2. The largest absolute Gasteiger partial charge is 0.448 e. The number of esters is 1. The number of hydrogen-bond acceptors (Lipinski definition) is 4. The van der Waals surface area contributed by atoms with Gasteiger partial charge in [-0.3, -0.25) is 4.79 Å². The maximum atomic E-state index is 12.8. The van der Waals surface area contributed by atoms with E-state index in [1.165, 1.54) is 0 Å². The highest BCUT2D eigenvalue weighted by Crippen LogP contribution is 2.28. The molecule has 1 atom stereocenters. The van der Waals surface area contributed by atoms with E-state index in [1.54, 1.807) is 6.92 Å². The maximum absolute atomic E-state index is 12.8. The number of anilines is 1. The highest BCUT2D eigenvalue weighted by Gasteiger charge is 2.29. The van der Waals surface area contributed by atoms with E-state index in [9.17, 15) is 9.59 Å². The average Bonchev–Trinajstić information content (AvgIpc) is 3.33. The fourth-order valence-electron chi connectivity index (χ4n) is 3.60. The SMILES string of the molecule is Cc1ccccc1NC(=O)C(C)OC(=O)c1nn(-c2ccccc2)c2c1CCC2. The molecule has 4 rings (SSSR count). The number of carbonyl (C=O) groups excluding carboxylic acids is 2. The third-order valence-corrected chi connectivity index (χ3v) is 5.18. The van der Waals surface area contributed by atoms with Gasteiger partial charge in [0.1, 0.15) is 0 Å². The molecule has 1 aromatic heterocycles. The average molecular weight is 389 g/mol. The second kappa shape index (κ2) is 7.91. The van der Waals surface area contributed by atoms with Gasteiger partial charge in [-0.05, 0) is 56.9 Å². The lowest BCUT2D eigenvalue weighted by atomic mass is 10.2. The van der Waals surface area contributed by atoms with Crippen LogP contribution in [0.1, 0.15) is 40.7 Å². The van der Waals surface area contributed by atoms with Crippen molar-refractivity contribution in [2.75, 3.05) is 5.32 Å². The predicted molar refractivity (Wildman–Crippen MR) is 110 cm³/mol. The van der Waals surface area contributed by atoms with E-state index >= 15 is 0 Å². The zero-order chi connectivity index (χ0) is 20.4. The van der Waals surface area contributed by atoms with Gasteiger partial charge in [0.15, 0.2) is 11.8 Å². The Morgan fingerprint density at radius 1 is 1.07 bits per heavy atom. The molecular weight excluding hydrogens is 366 g/mol. The number of para-hydroxylation sites is 2. The Labute approximate surface area is 169 Å². The lowest BCUT2D eigenvalue weighted by Gasteiger charge is -2.14. The highest BCUT2D eigenvalue weighted by atomic mass is 16.5. The molecule has 0 bridgehead atoms. The zero-order valence-electron chi connectivity index (χ0n) is 16.5. The first-order valence-electron chi connectivity index (χ1n) is 9.78. The van der Waals surface area contributed by atoms with Crippen LogP contribution in [0.2, 0.25) is 0 Å². The number of benzene rings is 2. The minimum Gasteiger partial charge on any atom is -0.448 e. The van der Waals surface area contributed by atoms with E-state index in [2.05, 4.69) is 10.4 Å². The molecule has 1 aliphatic carbocycles. The molecule has 1 amide bonds. The first-order valence-corrected chi connectivity index (χ1v) is 9.78. The van der Waals surface area contributed by atoms with Gasteiger partial charge in [0.05, 0.1) is 5.69 Å². The van der Waals surface area contributed by atoms with Crippen LogP contribution < -0.4 is 5.32 Å². The molecule has 1 aliphatic rings. The Morgan fingerprint density at radius 2 is 1.79 bits per heavy atom. The topological polar surface area (TPSA) is 73.2 Å². The van der Waals surface area contributed by atoms with Crippen LogP contribution >= 0.6 is 0 Å². The summed E-state index contributed by atoms with van der Waals surface area (Å²) in [5, 5.41) is 7.33. The Bertz CT molecular complexity index is 1060. The van der Waals surface area contributed by atoms with Crippen molar-refractivity contribution in [2.24, 2.45) is 0 Å². The maximum Gasteiger partial charge on any atom is 0.359 e. The van der Waals surface area contributed by atoms with Crippen LogP contribution in [-0.4, -0.2) is 27.8 Å². The summed E-state index contributed by atoms with van der Waals surface area (Å²) in [5.74, 6) is -0.933. The molecular formula is C23H23N3O3. The summed E-state index contributed by atoms with van der Waals surface area (Å²) in [6.45, 7) is 3.48. The Balaban J connectivity index is 1.52. The van der Waals surface area contributed by atoms with Gasteiger partial charge in [-0.2, -0.15) is 5.10 Å². The fraction of sp³-hybridized carbons (Fsp3) is 0.261. The third kappa shape index (κ3) is 3.78. The number of carbonyl (C=O) groups is 2. The van der Waals surface area contributed by atoms with E-state index in [1.807, 2.05) is 66.2 Å². The van der Waals surface area contributed by atoms with Crippen LogP contribution in [0.15, 0.2) is 54.6 Å². The van der Waals surface area contributed by atoms with Gasteiger partial charge >= 0.3 is 5.97 Å². The molecule has 0 saturated carbocycles. The summed E-state index contributed by atoms with van der Waals surface area (Å²) in [6.07, 6.45) is 1.70. The number of nitrogens with one attached hydrogen (secondary N) is 1. The van der Waals surface area contributed by atoms with E-state index < -0.39 is 12.1 Å². The molecule has 0 aliphatic heterocycles. The number of fused-ring (bicyclic) bond motifs is 1. The van der Waals surface area contributed by atoms with Gasteiger partial charge in [0, 0.05) is 16.9 Å². The minimum atomic E-state index is -0.930. The second-order valence-corrected chi connectivity index (χ2v) is 7.23. The van der Waals surface area contributed by atoms with Crippen LogP contribution in [0.5, 0.6) is 0 Å². The lowest BCUT2D eigenvalue weighted by molar-refractivity contribution is -0.123. The summed E-state index contributed by atoms with van der Waals surface area (Å²) in [7, 11) is 0. The van der Waals surface area contributed by atoms with Crippen molar-refractivity contribution in [3.05, 3.63) is 77.1 Å². The number of aryl methyl sites for hydroxylation is 1. The molecule has 1 N–H and O–H groups in total. The Kier molecular flexibility index (Phi) is 5.16. The van der Waals surface area contributed by atoms with Crippen molar-refractivity contribution in [3.63, 3.8) is 0 Å². The molecule has 29 heavy (non-hydrogen) atoms. The first-order chi connectivity index (χ1) is 14.0. The first kappa shape index (κ1) is 18.9. The predicted octanol–water partition coefficient (Wildman–Crippen LogP) is 3.85. The van der Waals surface area contributed by atoms with Crippen molar-refractivity contribution in [1.29, 1.82) is 0 Å². The van der Waals surface area contributed by atoms with Crippen molar-refractivity contribution >= 4 is 17.6 Å². The third-order valence-electron chi connectivity index (χ3n) is 5.18. The van der Waals surface area contributed by atoms with Crippen molar-refractivity contribution in [1.82, 2.24) is 9.78 Å². The molecule has 1 heterocycles. The summed E-state index contributed by atoms with van der Waals surface area (Å²) >= 11 is 0. The summed E-state index contributed by atoms with van der Waals surface area (Å²) in [4.78, 5) is 25.3. The second-order valence-electron chi connectivity index (χ2n) is 7.23. The standard InChI is InChI=1S/C23H23N3O3/c1-15-9-6-7-13-19(15)24-22(27)16(2)29-23(28)21-18-12-8-14-20(18)26(25-21)17-10-4-3-5-11-17/h3-7,9-11,13,16H,8,12,14H2,1-2H3,(H,24,27). The monoisotopic (exact) mass is 389 g/mol. The smallest absolute Gasteiger partial charge is 0.359 e. The Morgan fingerprint density at radius 3 is 2.55 bits per heavy atom. The molecule has 0 radical (unpaired) electrons. The number of amides is 1. The Hall–Kier alpha value is -3.41. The van der Waals surface area contributed by atoms with Crippen LogP contribution in [0.4, 0.5) is 5.69 Å². The number of aromatic nitrogens is 2. The van der Waals surface area contributed by atoms with Crippen LogP contribution in [0.3, 0.4) is 0 Å². The van der Waals surface area contributed by atoms with Gasteiger partial charge in [-0.15, -0.1) is 0 Å². The summed E-state index contributed by atoms with van der Waals surface area (Å²) < 4.78 is 7.27. The quantitative estimate of drug-likeness (QED) is 0.673. The summed E-state index contributed by atoms with van der Waals surface area (Å²) in [5.41, 5.74) is 4.82. The zero-order valence-corrected chi connectivity index (χ0v) is 16.5. The molecule has 0 spiro atoms. The molecule has 0 fully saturated rings. The van der Waals surface area contributed by atoms with Gasteiger partial charge in [-0.25, -0.2) is 9.48 Å². The highest BCUT2D eigenvalue weighted by molar-refractivity contribution is 5.97. The molecule has 6 nitrogen and oxygen atoms in total. The van der Waals surface area contributed by atoms with E-state index in [4.69, 9.17) is 4.74 Å². The van der Waals surface area contributed by atoms with Crippen molar-refractivity contribution < 1.29 is 14.3 Å². The van der Waals surface area contributed by atoms with Crippen LogP contribution in [0, 0.1) is 6.92 Å². The summed E-state index contributed by atoms with van der Waals surface area (Å²) in [6, 6.07) is 17.2. The number of hydrogen-bond donors (Lipinski definition) is 1. The fourth-order valence-corrected chi connectivity index (χ4v) is 3.60. The van der Waals surface area contributed by atoms with Crippen molar-refractivity contribution in [2.45, 2.75) is 39.2 Å². The van der Waals surface area contributed by atoms with Crippen LogP contribution in [-0.2, 0) is 22.4 Å². The number of rotatable bonds is 5.